The summed E-state index contributed by atoms with van der Waals surface area (Å²) in [6.07, 6.45) is -1.32. The van der Waals surface area contributed by atoms with E-state index in [1.165, 1.54) is 4.90 Å². The highest BCUT2D eigenvalue weighted by atomic mass is 19.4. The summed E-state index contributed by atoms with van der Waals surface area (Å²) in [4.78, 5) is 1.35. The first-order valence-electron chi connectivity index (χ1n) is 7.73. The predicted octanol–water partition coefficient (Wildman–Crippen LogP) is 5.92. The fourth-order valence-corrected chi connectivity index (χ4v) is 2.42. The molecule has 0 saturated carbocycles. The Labute approximate surface area is 132 Å². The van der Waals surface area contributed by atoms with Gasteiger partial charge >= 0.3 is 6.18 Å². The van der Waals surface area contributed by atoms with E-state index in [-0.39, 0.29) is 6.54 Å². The Morgan fingerprint density at radius 2 is 1.52 bits per heavy atom. The normalized spacial score (nSPS) is 11.8. The third kappa shape index (κ3) is 5.04. The molecule has 0 aliphatic rings. The molecule has 1 rings (SSSR count). The number of alkyl halides is 3. The maximum absolute atomic E-state index is 14.2. The maximum atomic E-state index is 14.2. The summed E-state index contributed by atoms with van der Waals surface area (Å²) >= 11 is 0. The van der Waals surface area contributed by atoms with Crippen LogP contribution in [0, 0.1) is 17.5 Å². The van der Waals surface area contributed by atoms with Gasteiger partial charge in [-0.15, -0.1) is 0 Å². The van der Waals surface area contributed by atoms with Crippen LogP contribution in [0.1, 0.15) is 51.5 Å². The second-order valence-electron chi connectivity index (χ2n) is 5.43. The van der Waals surface area contributed by atoms with Crippen molar-refractivity contribution in [1.29, 1.82) is 0 Å². The first kappa shape index (κ1) is 19.6. The van der Waals surface area contributed by atoms with Crippen molar-refractivity contribution in [2.45, 2.75) is 52.1 Å². The van der Waals surface area contributed by atoms with Crippen LogP contribution in [-0.4, -0.2) is 13.1 Å². The quantitative estimate of drug-likeness (QED) is 0.322. The van der Waals surface area contributed by atoms with Crippen molar-refractivity contribution in [3.8, 4) is 0 Å². The number of unbranched alkanes of at least 4 members (excludes halogenated alkanes) is 3. The van der Waals surface area contributed by atoms with Crippen LogP contribution in [0.5, 0.6) is 0 Å². The monoisotopic (exact) mass is 341 g/mol. The SMILES string of the molecule is CCCCCCN(CCC)c1cc(F)c(F)c(C(F)(F)F)c1F. The number of rotatable bonds is 8. The van der Waals surface area contributed by atoms with Gasteiger partial charge in [-0.05, 0) is 12.8 Å². The number of anilines is 1. The van der Waals surface area contributed by atoms with Crippen molar-refractivity contribution in [2.75, 3.05) is 18.0 Å². The Balaban J connectivity index is 3.18. The molecule has 0 heterocycles. The third-order valence-electron chi connectivity index (χ3n) is 3.54. The molecule has 1 aromatic carbocycles. The molecule has 0 N–H and O–H groups in total. The largest absolute Gasteiger partial charge is 0.422 e. The van der Waals surface area contributed by atoms with E-state index in [1.807, 2.05) is 6.92 Å². The molecule has 0 aliphatic carbocycles. The lowest BCUT2D eigenvalue weighted by Crippen LogP contribution is -2.28. The number of hydrogen-bond acceptors (Lipinski definition) is 1. The van der Waals surface area contributed by atoms with Gasteiger partial charge in [0.2, 0.25) is 0 Å². The molecule has 0 radical (unpaired) electrons. The van der Waals surface area contributed by atoms with Gasteiger partial charge in [-0.1, -0.05) is 33.1 Å². The van der Waals surface area contributed by atoms with Gasteiger partial charge in [0.1, 0.15) is 5.56 Å². The fraction of sp³-hybridized carbons (Fsp3) is 0.625. The summed E-state index contributed by atoms with van der Waals surface area (Å²) < 4.78 is 79.5. The van der Waals surface area contributed by atoms with Gasteiger partial charge in [0, 0.05) is 19.2 Å². The molecule has 0 fully saturated rings. The van der Waals surface area contributed by atoms with Gasteiger partial charge < -0.3 is 4.90 Å². The molecule has 0 bridgehead atoms. The van der Waals surface area contributed by atoms with E-state index in [4.69, 9.17) is 0 Å². The lowest BCUT2D eigenvalue weighted by atomic mass is 10.1. The van der Waals surface area contributed by atoms with Crippen molar-refractivity contribution < 1.29 is 26.3 Å². The molecule has 132 valence electrons. The molecular weight excluding hydrogens is 320 g/mol. The van der Waals surface area contributed by atoms with Crippen molar-refractivity contribution >= 4 is 5.69 Å². The smallest absolute Gasteiger partial charge is 0.369 e. The minimum absolute atomic E-state index is 0.269. The summed E-state index contributed by atoms with van der Waals surface area (Å²) in [5, 5.41) is 0. The first-order valence-corrected chi connectivity index (χ1v) is 7.73. The number of benzene rings is 1. The van der Waals surface area contributed by atoms with Gasteiger partial charge in [-0.25, -0.2) is 13.2 Å². The summed E-state index contributed by atoms with van der Waals surface area (Å²) in [5.41, 5.74) is -2.70. The van der Waals surface area contributed by atoms with Crippen molar-refractivity contribution in [3.05, 3.63) is 29.1 Å². The average Bonchev–Trinajstić information content (AvgIpc) is 2.45. The van der Waals surface area contributed by atoms with E-state index < -0.39 is 34.9 Å². The first-order chi connectivity index (χ1) is 10.7. The highest BCUT2D eigenvalue weighted by Crippen LogP contribution is 2.38. The van der Waals surface area contributed by atoms with Crippen molar-refractivity contribution in [1.82, 2.24) is 0 Å². The molecular formula is C16H21F6N. The molecule has 1 aromatic rings. The zero-order valence-corrected chi connectivity index (χ0v) is 13.2. The summed E-state index contributed by atoms with van der Waals surface area (Å²) in [6.45, 7) is 4.36. The van der Waals surface area contributed by atoms with E-state index in [0.717, 1.165) is 19.3 Å². The minimum Gasteiger partial charge on any atom is -0.369 e. The Morgan fingerprint density at radius 3 is 2.04 bits per heavy atom. The lowest BCUT2D eigenvalue weighted by Gasteiger charge is -2.26. The molecule has 7 heteroatoms. The van der Waals surface area contributed by atoms with Gasteiger partial charge in [0.05, 0.1) is 5.69 Å². The van der Waals surface area contributed by atoms with E-state index in [1.54, 1.807) is 6.92 Å². The molecule has 0 atom stereocenters. The second kappa shape index (κ2) is 8.45. The van der Waals surface area contributed by atoms with E-state index in [9.17, 15) is 26.3 Å². The van der Waals surface area contributed by atoms with Crippen LogP contribution >= 0.6 is 0 Å². The molecule has 0 saturated heterocycles. The average molecular weight is 341 g/mol. The van der Waals surface area contributed by atoms with Crippen molar-refractivity contribution in [2.24, 2.45) is 0 Å². The van der Waals surface area contributed by atoms with Crippen LogP contribution in [0.15, 0.2) is 6.07 Å². The Bertz CT molecular complexity index is 512. The summed E-state index contributed by atoms with van der Waals surface area (Å²) in [7, 11) is 0. The van der Waals surface area contributed by atoms with Gasteiger partial charge in [-0.2, -0.15) is 13.2 Å². The Morgan fingerprint density at radius 1 is 0.870 bits per heavy atom. The van der Waals surface area contributed by atoms with Crippen LogP contribution in [0.25, 0.3) is 0 Å². The molecule has 0 spiro atoms. The number of halogens is 6. The fourth-order valence-electron chi connectivity index (χ4n) is 2.42. The number of hydrogen-bond donors (Lipinski definition) is 0. The van der Waals surface area contributed by atoms with Gasteiger partial charge in [0.15, 0.2) is 17.5 Å². The highest BCUT2D eigenvalue weighted by Gasteiger charge is 2.41. The van der Waals surface area contributed by atoms with Crippen LogP contribution < -0.4 is 4.90 Å². The Kier molecular flexibility index (Phi) is 7.22. The highest BCUT2D eigenvalue weighted by molar-refractivity contribution is 5.52. The summed E-state index contributed by atoms with van der Waals surface area (Å²) in [6, 6.07) is 0.509. The summed E-state index contributed by atoms with van der Waals surface area (Å²) in [5.74, 6) is -5.63. The molecule has 0 unspecified atom stereocenters. The van der Waals surface area contributed by atoms with Crippen LogP contribution in [0.2, 0.25) is 0 Å². The van der Waals surface area contributed by atoms with Gasteiger partial charge in [0.25, 0.3) is 0 Å². The van der Waals surface area contributed by atoms with E-state index >= 15 is 0 Å². The zero-order chi connectivity index (χ0) is 17.6. The number of nitrogens with zero attached hydrogens (tertiary/aromatic N) is 1. The van der Waals surface area contributed by atoms with Crippen LogP contribution in [-0.2, 0) is 6.18 Å². The van der Waals surface area contributed by atoms with Gasteiger partial charge in [-0.3, -0.25) is 0 Å². The van der Waals surface area contributed by atoms with Crippen LogP contribution in [0.4, 0.5) is 32.0 Å². The third-order valence-corrected chi connectivity index (χ3v) is 3.54. The molecule has 0 aliphatic heterocycles. The predicted molar refractivity (Wildman–Crippen MR) is 78.0 cm³/mol. The Hall–Kier alpha value is -1.40. The molecule has 1 nitrogen and oxygen atoms in total. The van der Waals surface area contributed by atoms with E-state index in [0.29, 0.717) is 25.5 Å². The topological polar surface area (TPSA) is 3.24 Å². The minimum atomic E-state index is -5.29. The molecule has 0 amide bonds. The second-order valence-corrected chi connectivity index (χ2v) is 5.43. The maximum Gasteiger partial charge on any atom is 0.422 e. The van der Waals surface area contributed by atoms with Crippen molar-refractivity contribution in [3.63, 3.8) is 0 Å². The lowest BCUT2D eigenvalue weighted by molar-refractivity contribution is -0.142. The van der Waals surface area contributed by atoms with Crippen LogP contribution in [0.3, 0.4) is 0 Å². The zero-order valence-electron chi connectivity index (χ0n) is 13.2. The standard InChI is InChI=1S/C16H21F6N/c1-3-5-6-7-9-23(8-4-2)12-10-11(17)14(18)13(15(12)19)16(20,21)22/h10H,3-9H2,1-2H3. The van der Waals surface area contributed by atoms with E-state index in [2.05, 4.69) is 0 Å². The molecule has 23 heavy (non-hydrogen) atoms. The molecule has 0 aromatic heterocycles.